The molecule has 0 aliphatic rings. The Bertz CT molecular complexity index is 509. The molecule has 1 atom stereocenters. The Morgan fingerprint density at radius 2 is 1.72 bits per heavy atom. The van der Waals surface area contributed by atoms with E-state index in [-0.39, 0.29) is 5.97 Å². The molecule has 1 heterocycles. The van der Waals surface area contributed by atoms with Gasteiger partial charge in [0.2, 0.25) is 0 Å². The maximum absolute atomic E-state index is 12.3. The molecule has 3 nitrogen and oxygen atoms in total. The van der Waals surface area contributed by atoms with Crippen LogP contribution in [0.4, 0.5) is 0 Å². The molecule has 0 saturated heterocycles. The van der Waals surface area contributed by atoms with Crippen LogP contribution in [0.5, 0.6) is 0 Å². The maximum Gasteiger partial charge on any atom is 0.341 e. The predicted octanol–water partition coefficient (Wildman–Crippen LogP) is 6.73. The van der Waals surface area contributed by atoms with Crippen molar-refractivity contribution in [3.63, 3.8) is 0 Å². The van der Waals surface area contributed by atoms with Crippen LogP contribution < -0.4 is 0 Å². The zero-order chi connectivity index (χ0) is 18.9. The molecule has 1 aromatic heterocycles. The summed E-state index contributed by atoms with van der Waals surface area (Å²) in [5, 5.41) is 0. The molecule has 1 unspecified atom stereocenters. The van der Waals surface area contributed by atoms with Crippen molar-refractivity contribution < 1.29 is 13.9 Å². The third-order valence-corrected chi connectivity index (χ3v) is 12.2. The highest BCUT2D eigenvalue weighted by molar-refractivity contribution is 6.80. The number of esters is 1. The zero-order valence-corrected chi connectivity index (χ0v) is 18.2. The Morgan fingerprint density at radius 3 is 2.20 bits per heavy atom. The number of unbranched alkanes of at least 4 members (excludes halogenated alkanes) is 2. The van der Waals surface area contributed by atoms with E-state index in [1.54, 1.807) is 0 Å². The molecule has 0 saturated carbocycles. The van der Waals surface area contributed by atoms with E-state index in [4.69, 9.17) is 9.15 Å². The van der Waals surface area contributed by atoms with Gasteiger partial charge < -0.3 is 9.15 Å². The van der Waals surface area contributed by atoms with Crippen LogP contribution in [-0.2, 0) is 11.2 Å². The molecule has 0 amide bonds. The summed E-state index contributed by atoms with van der Waals surface area (Å²) >= 11 is 0. The average molecular weight is 367 g/mol. The molecule has 1 aromatic rings. The van der Waals surface area contributed by atoms with Crippen molar-refractivity contribution in [2.45, 2.75) is 97.3 Å². The number of furan rings is 1. The lowest BCUT2D eigenvalue weighted by Crippen LogP contribution is -2.39. The monoisotopic (exact) mass is 366 g/mol. The lowest BCUT2D eigenvalue weighted by Gasteiger charge is -2.36. The molecule has 0 N–H and O–H groups in total. The van der Waals surface area contributed by atoms with E-state index in [2.05, 4.69) is 27.7 Å². The number of hydrogen-bond acceptors (Lipinski definition) is 3. The highest BCUT2D eigenvalue weighted by Crippen LogP contribution is 2.41. The van der Waals surface area contributed by atoms with Gasteiger partial charge in [0.25, 0.3) is 0 Å². The molecule has 4 heteroatoms. The molecule has 0 aromatic carbocycles. The van der Waals surface area contributed by atoms with E-state index < -0.39 is 8.07 Å². The normalized spacial score (nSPS) is 13.0. The van der Waals surface area contributed by atoms with E-state index in [0.717, 1.165) is 17.9 Å². The third kappa shape index (κ3) is 5.22. The fourth-order valence-corrected chi connectivity index (χ4v) is 8.64. The minimum Gasteiger partial charge on any atom is -0.465 e. The molecule has 0 bridgehead atoms. The van der Waals surface area contributed by atoms with Crippen molar-refractivity contribution in [2.75, 3.05) is 6.61 Å². The fourth-order valence-electron chi connectivity index (χ4n) is 4.10. The van der Waals surface area contributed by atoms with E-state index >= 15 is 0 Å². The first kappa shape index (κ1) is 22.0. The second-order valence-electron chi connectivity index (χ2n) is 7.03. The molecular formula is C21H38O3Si. The van der Waals surface area contributed by atoms with Crippen molar-refractivity contribution in [3.05, 3.63) is 23.2 Å². The van der Waals surface area contributed by atoms with E-state index in [9.17, 15) is 4.79 Å². The van der Waals surface area contributed by atoms with Crippen LogP contribution in [-0.4, -0.2) is 20.7 Å². The third-order valence-electron chi connectivity index (χ3n) is 5.94. The quantitative estimate of drug-likeness (QED) is 0.234. The summed E-state index contributed by atoms with van der Waals surface area (Å²) in [5.74, 6) is 1.60. The number of aryl methyl sites for hydroxylation is 1. The Labute approximate surface area is 155 Å². The standard InChI is InChI=1S/C21H38O3Si/c1-7-13-14-15-20(25(10-4,11-5)12-6)19-16-17(18(8-2)24-19)21(22)23-9-3/h16,20H,7-15H2,1-6H3. The smallest absolute Gasteiger partial charge is 0.341 e. The first-order chi connectivity index (χ1) is 12.0. The predicted molar refractivity (Wildman–Crippen MR) is 108 cm³/mol. The Balaban J connectivity index is 3.27. The topological polar surface area (TPSA) is 39.4 Å². The highest BCUT2D eigenvalue weighted by Gasteiger charge is 2.39. The van der Waals surface area contributed by atoms with E-state index in [1.807, 2.05) is 19.9 Å². The van der Waals surface area contributed by atoms with Crippen molar-refractivity contribution >= 4 is 14.0 Å². The van der Waals surface area contributed by atoms with Gasteiger partial charge >= 0.3 is 5.97 Å². The summed E-state index contributed by atoms with van der Waals surface area (Å²) in [4.78, 5) is 12.3. The second-order valence-corrected chi connectivity index (χ2v) is 12.6. The lowest BCUT2D eigenvalue weighted by molar-refractivity contribution is 0.0524. The van der Waals surface area contributed by atoms with Crippen molar-refractivity contribution in [3.8, 4) is 0 Å². The molecule has 0 aliphatic carbocycles. The van der Waals surface area contributed by atoms with Gasteiger partial charge in [-0.1, -0.05) is 72.0 Å². The molecular weight excluding hydrogens is 328 g/mol. The Morgan fingerprint density at radius 1 is 1.08 bits per heavy atom. The van der Waals surface area contributed by atoms with Gasteiger partial charge in [-0.15, -0.1) is 0 Å². The van der Waals surface area contributed by atoms with Gasteiger partial charge in [0.05, 0.1) is 14.7 Å². The number of hydrogen-bond donors (Lipinski definition) is 0. The van der Waals surface area contributed by atoms with Gasteiger partial charge in [0.15, 0.2) is 0 Å². The first-order valence-electron chi connectivity index (χ1n) is 10.3. The molecule has 0 radical (unpaired) electrons. The minimum absolute atomic E-state index is 0.238. The number of carbonyl (C=O) groups excluding carboxylic acids is 1. The summed E-state index contributed by atoms with van der Waals surface area (Å²) in [6.45, 7) is 13.6. The molecule has 144 valence electrons. The molecule has 0 fully saturated rings. The maximum atomic E-state index is 12.3. The van der Waals surface area contributed by atoms with Crippen LogP contribution in [0.15, 0.2) is 10.5 Å². The Kier molecular flexibility index (Phi) is 9.55. The second kappa shape index (κ2) is 10.8. The fraction of sp³-hybridized carbons (Fsp3) is 0.762. The Hall–Kier alpha value is -1.03. The van der Waals surface area contributed by atoms with Gasteiger partial charge in [0.1, 0.15) is 17.1 Å². The largest absolute Gasteiger partial charge is 0.465 e. The summed E-state index contributed by atoms with van der Waals surface area (Å²) in [6, 6.07) is 5.82. The van der Waals surface area contributed by atoms with Crippen molar-refractivity contribution in [1.29, 1.82) is 0 Å². The van der Waals surface area contributed by atoms with Crippen molar-refractivity contribution in [2.24, 2.45) is 0 Å². The van der Waals surface area contributed by atoms with Crippen LogP contribution in [0.25, 0.3) is 0 Å². The van der Waals surface area contributed by atoms with E-state index in [1.165, 1.54) is 43.8 Å². The van der Waals surface area contributed by atoms with Gasteiger partial charge in [-0.2, -0.15) is 0 Å². The van der Waals surface area contributed by atoms with Crippen LogP contribution in [0.2, 0.25) is 18.1 Å². The minimum atomic E-state index is -1.46. The van der Waals surface area contributed by atoms with Gasteiger partial charge in [-0.25, -0.2) is 4.79 Å². The van der Waals surface area contributed by atoms with Gasteiger partial charge in [-0.3, -0.25) is 0 Å². The number of rotatable bonds is 12. The van der Waals surface area contributed by atoms with E-state index in [0.29, 0.717) is 17.7 Å². The molecule has 1 rings (SSSR count). The SMILES string of the molecule is CCCCCC(c1cc(C(=O)OCC)c(CC)o1)[Si](CC)(CC)CC. The summed E-state index contributed by atoms with van der Waals surface area (Å²) in [5.41, 5.74) is 1.15. The van der Waals surface area contributed by atoms with Crippen LogP contribution in [0.3, 0.4) is 0 Å². The first-order valence-corrected chi connectivity index (χ1v) is 13.0. The van der Waals surface area contributed by atoms with Crippen molar-refractivity contribution in [1.82, 2.24) is 0 Å². The summed E-state index contributed by atoms with van der Waals surface area (Å²) in [7, 11) is -1.46. The van der Waals surface area contributed by atoms with Crippen LogP contribution in [0.1, 0.15) is 94.6 Å². The lowest BCUT2D eigenvalue weighted by atomic mass is 10.1. The van der Waals surface area contributed by atoms with Crippen LogP contribution >= 0.6 is 0 Å². The van der Waals surface area contributed by atoms with Gasteiger partial charge in [-0.05, 0) is 19.4 Å². The van der Waals surface area contributed by atoms with Gasteiger partial charge in [0, 0.05) is 12.0 Å². The van der Waals surface area contributed by atoms with Crippen LogP contribution in [0, 0.1) is 0 Å². The molecule has 25 heavy (non-hydrogen) atoms. The summed E-state index contributed by atoms with van der Waals surface area (Å²) < 4.78 is 11.5. The zero-order valence-electron chi connectivity index (χ0n) is 17.2. The number of carbonyl (C=O) groups is 1. The molecule has 0 spiro atoms. The summed E-state index contributed by atoms with van der Waals surface area (Å²) in [6.07, 6.45) is 5.67. The molecule has 0 aliphatic heterocycles. The average Bonchev–Trinajstić information content (AvgIpc) is 3.06. The number of ether oxygens (including phenoxy) is 1. The highest BCUT2D eigenvalue weighted by atomic mass is 28.3.